The number of rotatable bonds is 6. The Bertz CT molecular complexity index is 880. The highest BCUT2D eigenvalue weighted by atomic mass is 32.2. The third-order valence-corrected chi connectivity index (χ3v) is 5.50. The van der Waals surface area contributed by atoms with E-state index in [9.17, 15) is 4.79 Å². The molecule has 0 saturated heterocycles. The third-order valence-electron chi connectivity index (χ3n) is 3.65. The first kappa shape index (κ1) is 16.4. The number of hydrogen-bond donors (Lipinski definition) is 1. The lowest BCUT2D eigenvalue weighted by Gasteiger charge is -2.10. The number of aromatic amines is 1. The first-order valence-corrected chi connectivity index (χ1v) is 9.36. The predicted octanol–water partition coefficient (Wildman–Crippen LogP) is 2.62. The highest BCUT2D eigenvalue weighted by molar-refractivity contribution is 7.96. The van der Waals surface area contributed by atoms with Gasteiger partial charge in [0.2, 0.25) is 0 Å². The number of ether oxygens (including phenoxy) is 2. The zero-order chi connectivity index (χ0) is 16.9. The number of H-pyrrole nitrogens is 1. The summed E-state index contributed by atoms with van der Waals surface area (Å²) in [7, 11) is 1.28. The average molecular weight is 343 g/mol. The quantitative estimate of drug-likeness (QED) is 0.699. The van der Waals surface area contributed by atoms with Gasteiger partial charge >= 0.3 is 5.56 Å². The molecule has 0 aliphatic carbocycles. The normalized spacial score (nSPS) is 12.1. The molecule has 2 heterocycles. The van der Waals surface area contributed by atoms with E-state index in [1.807, 2.05) is 48.7 Å². The van der Waals surface area contributed by atoms with Crippen LogP contribution in [0.3, 0.4) is 0 Å². The van der Waals surface area contributed by atoms with E-state index in [2.05, 4.69) is 9.97 Å². The van der Waals surface area contributed by atoms with Gasteiger partial charge < -0.3 is 14.5 Å². The average Bonchev–Trinajstić information content (AvgIpc) is 2.61. The molecule has 0 fully saturated rings. The van der Waals surface area contributed by atoms with Gasteiger partial charge in [0.25, 0.3) is 4.90 Å². The molecule has 0 bridgehead atoms. The Morgan fingerprint density at radius 2 is 1.96 bits per heavy atom. The van der Waals surface area contributed by atoms with E-state index in [1.54, 1.807) is 13.3 Å². The molecule has 3 rings (SSSR count). The van der Waals surface area contributed by atoms with Gasteiger partial charge in [-0.25, -0.2) is 4.98 Å². The third kappa shape index (κ3) is 3.38. The van der Waals surface area contributed by atoms with Gasteiger partial charge in [0.15, 0.2) is 5.75 Å². The molecule has 0 radical (unpaired) electrons. The summed E-state index contributed by atoms with van der Waals surface area (Å²) in [5.74, 6) is 2.17. The van der Waals surface area contributed by atoms with Crippen LogP contribution in [0.25, 0.3) is 11.0 Å². The minimum Gasteiger partial charge on any atom is -0.491 e. The predicted molar refractivity (Wildman–Crippen MR) is 97.3 cm³/mol. The molecule has 0 aliphatic rings. The molecule has 5 nitrogen and oxygen atoms in total. The summed E-state index contributed by atoms with van der Waals surface area (Å²) in [4.78, 5) is 20.2. The van der Waals surface area contributed by atoms with E-state index < -0.39 is 0 Å². The molecule has 2 aromatic heterocycles. The number of hydrogen-bond acceptors (Lipinski definition) is 4. The molecule has 6 heteroatoms. The second-order valence-corrected chi connectivity index (χ2v) is 7.31. The minimum absolute atomic E-state index is 0.149. The topological polar surface area (TPSA) is 64.2 Å². The van der Waals surface area contributed by atoms with Crippen LogP contribution in [0, 0.1) is 0 Å². The van der Waals surface area contributed by atoms with Crippen molar-refractivity contribution in [3.63, 3.8) is 0 Å². The SMILES string of the molecule is COc1c([S+](C)CCOc2ccccc2)c(=O)[nH]c2ncccc12. The largest absolute Gasteiger partial charge is 0.491 e. The summed E-state index contributed by atoms with van der Waals surface area (Å²) in [6.45, 7) is 0.539. The molecule has 0 aliphatic heterocycles. The van der Waals surface area contributed by atoms with Crippen LogP contribution >= 0.6 is 0 Å². The number of aromatic nitrogens is 2. The molecular formula is C18H19N2O3S+. The fourth-order valence-electron chi connectivity index (χ4n) is 2.50. The number of nitrogens with zero attached hydrogens (tertiary/aromatic N) is 1. The fraction of sp³-hybridized carbons (Fsp3) is 0.222. The van der Waals surface area contributed by atoms with Crippen molar-refractivity contribution >= 4 is 21.9 Å². The van der Waals surface area contributed by atoms with Gasteiger partial charge in [-0.2, -0.15) is 0 Å². The molecule has 0 spiro atoms. The molecular weight excluding hydrogens is 324 g/mol. The van der Waals surface area contributed by atoms with Crippen LogP contribution in [0.2, 0.25) is 0 Å². The van der Waals surface area contributed by atoms with Crippen LogP contribution < -0.4 is 15.0 Å². The smallest absolute Gasteiger partial charge is 0.308 e. The van der Waals surface area contributed by atoms with Crippen molar-refractivity contribution in [2.75, 3.05) is 25.7 Å². The maximum Gasteiger partial charge on any atom is 0.308 e. The van der Waals surface area contributed by atoms with Crippen molar-refractivity contribution in [2.24, 2.45) is 0 Å². The number of pyridine rings is 2. The van der Waals surface area contributed by atoms with Gasteiger partial charge in [0, 0.05) is 17.1 Å². The summed E-state index contributed by atoms with van der Waals surface area (Å²) in [6, 6.07) is 13.4. The minimum atomic E-state index is -0.308. The fourth-order valence-corrected chi connectivity index (χ4v) is 3.92. The van der Waals surface area contributed by atoms with E-state index in [0.29, 0.717) is 22.9 Å². The van der Waals surface area contributed by atoms with Crippen LogP contribution in [0.1, 0.15) is 0 Å². The number of benzene rings is 1. The van der Waals surface area contributed by atoms with Gasteiger partial charge in [-0.15, -0.1) is 0 Å². The second-order valence-electron chi connectivity index (χ2n) is 5.22. The number of para-hydroxylation sites is 1. The molecule has 1 aromatic carbocycles. The van der Waals surface area contributed by atoms with Gasteiger partial charge in [-0.05, 0) is 24.3 Å². The lowest BCUT2D eigenvalue weighted by atomic mass is 10.2. The van der Waals surface area contributed by atoms with Crippen molar-refractivity contribution in [3.05, 3.63) is 59.0 Å². The molecule has 0 saturated carbocycles. The lowest BCUT2D eigenvalue weighted by Crippen LogP contribution is -2.23. The summed E-state index contributed by atoms with van der Waals surface area (Å²) < 4.78 is 11.3. The summed E-state index contributed by atoms with van der Waals surface area (Å²) in [5.41, 5.74) is 0.393. The van der Waals surface area contributed by atoms with E-state index in [-0.39, 0.29) is 16.5 Å². The highest BCUT2D eigenvalue weighted by Crippen LogP contribution is 2.28. The Kier molecular flexibility index (Phi) is 5.05. The van der Waals surface area contributed by atoms with Crippen LogP contribution in [0.15, 0.2) is 58.4 Å². The number of methoxy groups -OCH3 is 1. The first-order chi connectivity index (χ1) is 11.7. The van der Waals surface area contributed by atoms with Gasteiger partial charge in [0.05, 0.1) is 12.5 Å². The van der Waals surface area contributed by atoms with Gasteiger partial charge in [0.1, 0.15) is 30.0 Å². The van der Waals surface area contributed by atoms with E-state index in [0.717, 1.165) is 16.9 Å². The van der Waals surface area contributed by atoms with E-state index in [1.165, 1.54) is 0 Å². The Morgan fingerprint density at radius 1 is 1.17 bits per heavy atom. The molecule has 0 amide bonds. The molecule has 1 unspecified atom stereocenters. The van der Waals surface area contributed by atoms with E-state index in [4.69, 9.17) is 9.47 Å². The molecule has 1 atom stereocenters. The van der Waals surface area contributed by atoms with Crippen molar-refractivity contribution in [1.29, 1.82) is 0 Å². The van der Waals surface area contributed by atoms with Crippen LogP contribution in [0.4, 0.5) is 0 Å². The Labute approximate surface area is 143 Å². The van der Waals surface area contributed by atoms with Gasteiger partial charge in [-0.1, -0.05) is 18.2 Å². The van der Waals surface area contributed by atoms with Crippen molar-refractivity contribution in [1.82, 2.24) is 9.97 Å². The maximum absolute atomic E-state index is 12.5. The van der Waals surface area contributed by atoms with Crippen LogP contribution in [0.5, 0.6) is 11.5 Å². The summed E-state index contributed by atoms with van der Waals surface area (Å²) in [5, 5.41) is 0.818. The second kappa shape index (κ2) is 7.40. The summed E-state index contributed by atoms with van der Waals surface area (Å²) in [6.07, 6.45) is 3.68. The zero-order valence-electron chi connectivity index (χ0n) is 13.6. The van der Waals surface area contributed by atoms with Crippen molar-refractivity contribution in [3.8, 4) is 11.5 Å². The molecule has 24 heavy (non-hydrogen) atoms. The van der Waals surface area contributed by atoms with Crippen LogP contribution in [-0.4, -0.2) is 35.7 Å². The molecule has 1 N–H and O–H groups in total. The Morgan fingerprint density at radius 3 is 2.71 bits per heavy atom. The van der Waals surface area contributed by atoms with Crippen molar-refractivity contribution < 1.29 is 9.47 Å². The number of fused-ring (bicyclic) bond motifs is 1. The number of nitrogens with one attached hydrogen (secondary N) is 1. The molecule has 3 aromatic rings. The van der Waals surface area contributed by atoms with Gasteiger partial charge in [-0.3, -0.25) is 4.79 Å². The Balaban J connectivity index is 1.82. The zero-order valence-corrected chi connectivity index (χ0v) is 14.4. The summed E-state index contributed by atoms with van der Waals surface area (Å²) >= 11 is 0. The first-order valence-electron chi connectivity index (χ1n) is 7.56. The molecule has 124 valence electrons. The maximum atomic E-state index is 12.5. The lowest BCUT2D eigenvalue weighted by molar-refractivity contribution is 0.343. The highest BCUT2D eigenvalue weighted by Gasteiger charge is 2.28. The van der Waals surface area contributed by atoms with Crippen LogP contribution in [-0.2, 0) is 10.9 Å². The van der Waals surface area contributed by atoms with E-state index >= 15 is 0 Å². The monoisotopic (exact) mass is 343 g/mol. The Hall–Kier alpha value is -2.47. The van der Waals surface area contributed by atoms with Crippen molar-refractivity contribution in [2.45, 2.75) is 4.90 Å². The standard InChI is InChI=1S/C18H18N2O3S/c1-22-15-14-9-6-10-19-17(14)20-18(21)16(15)24(2)12-11-23-13-7-4-3-5-8-13/h3-10H,11-12H2,1-2H3/p+1.